The largest absolute Gasteiger partial charge is 0.343 e. The predicted molar refractivity (Wildman–Crippen MR) is 85.5 cm³/mol. The van der Waals surface area contributed by atoms with Gasteiger partial charge in [-0.25, -0.2) is 0 Å². The zero-order valence-corrected chi connectivity index (χ0v) is 14.0. The number of hydrogen-bond donors (Lipinski definition) is 1. The lowest BCUT2D eigenvalue weighted by atomic mass is 9.98. The van der Waals surface area contributed by atoms with Gasteiger partial charge in [0.2, 0.25) is 11.8 Å². The Kier molecular flexibility index (Phi) is 7.46. The molecule has 6 heteroatoms. The number of likely N-dealkylation sites (tertiary alicyclic amines) is 1. The number of carbonyl (C=O) groups excluding carboxylic acids is 2. The van der Waals surface area contributed by atoms with Crippen LogP contribution >= 0.6 is 12.4 Å². The minimum absolute atomic E-state index is 0. The van der Waals surface area contributed by atoms with Crippen molar-refractivity contribution in [3.8, 4) is 0 Å². The number of amides is 2. The van der Waals surface area contributed by atoms with Gasteiger partial charge in [0.1, 0.15) is 0 Å². The Labute approximate surface area is 133 Å². The van der Waals surface area contributed by atoms with Gasteiger partial charge in [-0.2, -0.15) is 0 Å². The van der Waals surface area contributed by atoms with Gasteiger partial charge in [-0.15, -0.1) is 12.4 Å². The molecular weight excluding hydrogens is 290 g/mol. The van der Waals surface area contributed by atoms with Crippen LogP contribution in [-0.2, 0) is 9.59 Å². The van der Waals surface area contributed by atoms with Gasteiger partial charge in [-0.3, -0.25) is 9.59 Å². The van der Waals surface area contributed by atoms with Crippen LogP contribution in [0, 0.1) is 5.92 Å². The van der Waals surface area contributed by atoms with Gasteiger partial charge in [0.25, 0.3) is 0 Å². The second kappa shape index (κ2) is 8.59. The molecule has 1 unspecified atom stereocenters. The molecule has 0 saturated carbocycles. The molecule has 0 bridgehead atoms. The van der Waals surface area contributed by atoms with Gasteiger partial charge in [-0.1, -0.05) is 13.8 Å². The number of piperazine rings is 1. The Bertz CT molecular complexity index is 355. The Hall–Kier alpha value is -0.810. The summed E-state index contributed by atoms with van der Waals surface area (Å²) in [6.45, 7) is 8.35. The molecule has 2 aliphatic heterocycles. The fraction of sp³-hybridized carbons (Fsp3) is 0.867. The molecule has 2 rings (SSSR count). The maximum atomic E-state index is 12.3. The Morgan fingerprint density at radius 1 is 1.29 bits per heavy atom. The molecule has 2 amide bonds. The Morgan fingerprint density at radius 3 is 2.57 bits per heavy atom. The summed E-state index contributed by atoms with van der Waals surface area (Å²) in [5.41, 5.74) is 0. The van der Waals surface area contributed by atoms with E-state index in [2.05, 4.69) is 19.2 Å². The van der Waals surface area contributed by atoms with E-state index in [1.54, 1.807) is 0 Å². The summed E-state index contributed by atoms with van der Waals surface area (Å²) in [4.78, 5) is 28.4. The highest BCUT2D eigenvalue weighted by atomic mass is 35.5. The summed E-state index contributed by atoms with van der Waals surface area (Å²) in [6, 6.07) is -0.317. The highest BCUT2D eigenvalue weighted by Crippen LogP contribution is 2.17. The van der Waals surface area contributed by atoms with Crippen LogP contribution in [0.15, 0.2) is 0 Å². The summed E-state index contributed by atoms with van der Waals surface area (Å²) in [6.07, 6.45) is 3.45. The van der Waals surface area contributed by atoms with Gasteiger partial charge < -0.3 is 15.1 Å². The molecule has 0 aliphatic carbocycles. The SMILES string of the molecule is CCCN1CCNC(CC(=O)N2CCC(C)CC2)C1=O.Cl. The van der Waals surface area contributed by atoms with E-state index >= 15 is 0 Å². The van der Waals surface area contributed by atoms with Gasteiger partial charge in [0.15, 0.2) is 0 Å². The second-order valence-corrected chi connectivity index (χ2v) is 6.10. The molecule has 2 fully saturated rings. The molecule has 2 saturated heterocycles. The highest BCUT2D eigenvalue weighted by Gasteiger charge is 2.31. The molecule has 0 spiro atoms. The van der Waals surface area contributed by atoms with E-state index in [0.29, 0.717) is 12.3 Å². The first-order valence-corrected chi connectivity index (χ1v) is 7.91. The molecule has 21 heavy (non-hydrogen) atoms. The maximum Gasteiger partial charge on any atom is 0.240 e. The maximum absolute atomic E-state index is 12.3. The predicted octanol–water partition coefficient (Wildman–Crippen LogP) is 1.27. The Balaban J connectivity index is 0.00000220. The van der Waals surface area contributed by atoms with Crippen LogP contribution in [0.25, 0.3) is 0 Å². The van der Waals surface area contributed by atoms with Crippen molar-refractivity contribution in [1.82, 2.24) is 15.1 Å². The quantitative estimate of drug-likeness (QED) is 0.849. The second-order valence-electron chi connectivity index (χ2n) is 6.10. The fourth-order valence-electron chi connectivity index (χ4n) is 3.00. The van der Waals surface area contributed by atoms with Gasteiger partial charge in [0.05, 0.1) is 12.5 Å². The topological polar surface area (TPSA) is 52.7 Å². The minimum Gasteiger partial charge on any atom is -0.343 e. The average molecular weight is 318 g/mol. The van der Waals surface area contributed by atoms with E-state index < -0.39 is 0 Å². The molecule has 0 aromatic rings. The van der Waals surface area contributed by atoms with E-state index in [-0.39, 0.29) is 30.3 Å². The number of carbonyl (C=O) groups is 2. The van der Waals surface area contributed by atoms with E-state index in [9.17, 15) is 9.59 Å². The molecule has 2 heterocycles. The fourth-order valence-corrected chi connectivity index (χ4v) is 3.00. The number of halogens is 1. The number of rotatable bonds is 4. The summed E-state index contributed by atoms with van der Waals surface area (Å²) >= 11 is 0. The van der Waals surface area contributed by atoms with Crippen LogP contribution in [0.4, 0.5) is 0 Å². The van der Waals surface area contributed by atoms with Crippen molar-refractivity contribution in [1.29, 1.82) is 0 Å². The highest BCUT2D eigenvalue weighted by molar-refractivity contribution is 5.89. The van der Waals surface area contributed by atoms with Crippen molar-refractivity contribution < 1.29 is 9.59 Å². The van der Waals surface area contributed by atoms with E-state index in [1.165, 1.54) is 0 Å². The van der Waals surface area contributed by atoms with E-state index in [4.69, 9.17) is 0 Å². The van der Waals surface area contributed by atoms with Crippen molar-refractivity contribution in [2.24, 2.45) is 5.92 Å². The van der Waals surface area contributed by atoms with E-state index in [1.807, 2.05) is 9.80 Å². The lowest BCUT2D eigenvalue weighted by Crippen LogP contribution is -2.56. The molecule has 0 aromatic heterocycles. The summed E-state index contributed by atoms with van der Waals surface area (Å²) in [7, 11) is 0. The Morgan fingerprint density at radius 2 is 1.95 bits per heavy atom. The third-order valence-corrected chi connectivity index (χ3v) is 4.39. The lowest BCUT2D eigenvalue weighted by Gasteiger charge is -2.35. The number of piperidine rings is 1. The molecule has 1 N–H and O–H groups in total. The van der Waals surface area contributed by atoms with Crippen molar-refractivity contribution in [3.63, 3.8) is 0 Å². The first-order valence-electron chi connectivity index (χ1n) is 7.91. The molecule has 2 aliphatic rings. The van der Waals surface area contributed by atoms with Crippen molar-refractivity contribution in [3.05, 3.63) is 0 Å². The molecule has 1 atom stereocenters. The average Bonchev–Trinajstić information content (AvgIpc) is 2.44. The lowest BCUT2D eigenvalue weighted by molar-refractivity contribution is -0.141. The van der Waals surface area contributed by atoms with Crippen molar-refractivity contribution >= 4 is 24.2 Å². The van der Waals surface area contributed by atoms with Gasteiger partial charge in [0, 0.05) is 32.7 Å². The zero-order chi connectivity index (χ0) is 14.5. The minimum atomic E-state index is -0.317. The summed E-state index contributed by atoms with van der Waals surface area (Å²) < 4.78 is 0. The molecule has 0 aromatic carbocycles. The molecular formula is C15H28ClN3O2. The molecule has 0 radical (unpaired) electrons. The monoisotopic (exact) mass is 317 g/mol. The number of hydrogen-bond acceptors (Lipinski definition) is 3. The van der Waals surface area contributed by atoms with Gasteiger partial charge >= 0.3 is 0 Å². The van der Waals surface area contributed by atoms with Crippen LogP contribution < -0.4 is 5.32 Å². The van der Waals surface area contributed by atoms with Gasteiger partial charge in [-0.05, 0) is 25.2 Å². The summed E-state index contributed by atoms with van der Waals surface area (Å²) in [5.74, 6) is 0.937. The first-order chi connectivity index (χ1) is 9.61. The standard InChI is InChI=1S/C15H27N3O2.ClH/c1-3-7-18-10-6-16-13(15(18)20)11-14(19)17-8-4-12(2)5-9-17;/h12-13,16H,3-11H2,1-2H3;1H. The normalized spacial score (nSPS) is 23.9. The molecule has 5 nitrogen and oxygen atoms in total. The van der Waals surface area contributed by atoms with Crippen molar-refractivity contribution in [2.75, 3.05) is 32.7 Å². The first kappa shape index (κ1) is 18.2. The van der Waals surface area contributed by atoms with Crippen LogP contribution in [0.5, 0.6) is 0 Å². The zero-order valence-electron chi connectivity index (χ0n) is 13.1. The summed E-state index contributed by atoms with van der Waals surface area (Å²) in [5, 5.41) is 3.20. The van der Waals surface area contributed by atoms with Crippen LogP contribution in [-0.4, -0.2) is 60.4 Å². The molecule has 122 valence electrons. The van der Waals surface area contributed by atoms with Crippen LogP contribution in [0.1, 0.15) is 39.5 Å². The third kappa shape index (κ3) is 4.85. The van der Waals surface area contributed by atoms with E-state index in [0.717, 1.165) is 52.0 Å². The van der Waals surface area contributed by atoms with Crippen LogP contribution in [0.3, 0.4) is 0 Å². The van der Waals surface area contributed by atoms with Crippen LogP contribution in [0.2, 0.25) is 0 Å². The number of nitrogens with zero attached hydrogens (tertiary/aromatic N) is 2. The number of nitrogens with one attached hydrogen (secondary N) is 1. The third-order valence-electron chi connectivity index (χ3n) is 4.39. The van der Waals surface area contributed by atoms with Crippen molar-refractivity contribution in [2.45, 2.75) is 45.6 Å². The smallest absolute Gasteiger partial charge is 0.240 e.